The van der Waals surface area contributed by atoms with E-state index in [1.54, 1.807) is 11.3 Å². The molecule has 1 aromatic rings. The second-order valence-corrected chi connectivity index (χ2v) is 5.95. The molecule has 1 unspecified atom stereocenters. The van der Waals surface area contributed by atoms with Crippen LogP contribution in [0.5, 0.6) is 0 Å². The fourth-order valence-corrected chi connectivity index (χ4v) is 2.69. The highest BCUT2D eigenvalue weighted by molar-refractivity contribution is 7.98. The van der Waals surface area contributed by atoms with Crippen molar-refractivity contribution in [2.75, 3.05) is 25.1 Å². The molecule has 18 heavy (non-hydrogen) atoms. The van der Waals surface area contributed by atoms with Crippen molar-refractivity contribution in [2.24, 2.45) is 4.99 Å². The third-order valence-electron chi connectivity index (χ3n) is 2.44. The molecule has 0 bridgehead atoms. The maximum Gasteiger partial charge on any atom is 0.191 e. The van der Waals surface area contributed by atoms with Gasteiger partial charge in [-0.15, -0.1) is 11.3 Å². The molecule has 1 atom stereocenters. The smallest absolute Gasteiger partial charge is 0.191 e. The molecule has 0 aliphatic carbocycles. The van der Waals surface area contributed by atoms with E-state index in [1.807, 2.05) is 11.8 Å². The number of thiophene rings is 1. The highest BCUT2D eigenvalue weighted by Gasteiger charge is 2.07. The van der Waals surface area contributed by atoms with Crippen LogP contribution < -0.4 is 10.6 Å². The minimum absolute atomic E-state index is 0.309. The molecule has 0 radical (unpaired) electrons. The van der Waals surface area contributed by atoms with Crippen LogP contribution in [-0.4, -0.2) is 31.1 Å². The van der Waals surface area contributed by atoms with E-state index in [4.69, 9.17) is 0 Å². The summed E-state index contributed by atoms with van der Waals surface area (Å²) in [5, 5.41) is 8.84. The molecule has 0 aliphatic rings. The maximum absolute atomic E-state index is 4.59. The van der Waals surface area contributed by atoms with Gasteiger partial charge in [0, 0.05) is 18.0 Å². The first-order valence-corrected chi connectivity index (χ1v) is 8.62. The number of thioether (sulfide) groups is 1. The van der Waals surface area contributed by atoms with Crippen molar-refractivity contribution in [2.45, 2.75) is 26.3 Å². The Bertz CT molecular complexity index is 336. The molecule has 0 aromatic carbocycles. The SMILES string of the molecule is CCNC(=NCCCSC)NC(C)c1cccs1. The minimum Gasteiger partial charge on any atom is -0.357 e. The first kappa shape index (κ1) is 15.4. The first-order chi connectivity index (χ1) is 8.77. The molecule has 0 amide bonds. The van der Waals surface area contributed by atoms with Gasteiger partial charge in [-0.3, -0.25) is 4.99 Å². The lowest BCUT2D eigenvalue weighted by Crippen LogP contribution is -2.38. The Labute approximate surface area is 118 Å². The molecule has 3 nitrogen and oxygen atoms in total. The minimum atomic E-state index is 0.309. The molecule has 0 fully saturated rings. The van der Waals surface area contributed by atoms with Crippen molar-refractivity contribution >= 4 is 29.1 Å². The summed E-state index contributed by atoms with van der Waals surface area (Å²) in [6.45, 7) is 6.04. The number of guanidine groups is 1. The average molecular weight is 285 g/mol. The number of hydrogen-bond donors (Lipinski definition) is 2. The van der Waals surface area contributed by atoms with Crippen LogP contribution in [0.4, 0.5) is 0 Å². The lowest BCUT2D eigenvalue weighted by Gasteiger charge is -2.16. The predicted octanol–water partition coefficient (Wildman–Crippen LogP) is 3.12. The number of aliphatic imine (C=N–C) groups is 1. The van der Waals surface area contributed by atoms with Gasteiger partial charge in [0.15, 0.2) is 5.96 Å². The molecule has 0 spiro atoms. The first-order valence-electron chi connectivity index (χ1n) is 6.35. The largest absolute Gasteiger partial charge is 0.357 e. The lowest BCUT2D eigenvalue weighted by molar-refractivity contribution is 0.697. The topological polar surface area (TPSA) is 36.4 Å². The Morgan fingerprint density at radius 2 is 2.39 bits per heavy atom. The number of hydrogen-bond acceptors (Lipinski definition) is 3. The zero-order valence-corrected chi connectivity index (χ0v) is 13.0. The number of nitrogens with one attached hydrogen (secondary N) is 2. The van der Waals surface area contributed by atoms with Crippen molar-refractivity contribution in [1.82, 2.24) is 10.6 Å². The molecule has 5 heteroatoms. The Balaban J connectivity index is 2.46. The van der Waals surface area contributed by atoms with Crippen LogP contribution in [0.3, 0.4) is 0 Å². The van der Waals surface area contributed by atoms with Crippen LogP contribution in [0.25, 0.3) is 0 Å². The zero-order valence-electron chi connectivity index (χ0n) is 11.4. The highest BCUT2D eigenvalue weighted by Crippen LogP contribution is 2.17. The maximum atomic E-state index is 4.59. The van der Waals surface area contributed by atoms with Gasteiger partial charge < -0.3 is 10.6 Å². The van der Waals surface area contributed by atoms with E-state index in [1.165, 1.54) is 10.6 Å². The van der Waals surface area contributed by atoms with E-state index in [0.29, 0.717) is 6.04 Å². The number of nitrogens with zero attached hydrogens (tertiary/aromatic N) is 1. The van der Waals surface area contributed by atoms with Crippen molar-refractivity contribution in [1.29, 1.82) is 0 Å². The fourth-order valence-electron chi connectivity index (χ4n) is 1.53. The molecule has 0 saturated heterocycles. The molecular formula is C13H23N3S2. The summed E-state index contributed by atoms with van der Waals surface area (Å²) in [5.74, 6) is 2.09. The van der Waals surface area contributed by atoms with Crippen LogP contribution in [0.2, 0.25) is 0 Å². The van der Waals surface area contributed by atoms with Gasteiger partial charge in [-0.2, -0.15) is 11.8 Å². The van der Waals surface area contributed by atoms with Gasteiger partial charge in [-0.05, 0) is 43.7 Å². The van der Waals surface area contributed by atoms with E-state index in [0.717, 1.165) is 25.5 Å². The standard InChI is InChI=1S/C13H23N3S2/c1-4-14-13(15-8-6-9-17-3)16-11(2)12-7-5-10-18-12/h5,7,10-11H,4,6,8-9H2,1-3H3,(H2,14,15,16). The van der Waals surface area contributed by atoms with Crippen LogP contribution in [0, 0.1) is 0 Å². The Hall–Kier alpha value is -0.680. The van der Waals surface area contributed by atoms with Crippen molar-refractivity contribution in [3.05, 3.63) is 22.4 Å². The normalized spacial score (nSPS) is 13.4. The van der Waals surface area contributed by atoms with Gasteiger partial charge >= 0.3 is 0 Å². The molecule has 102 valence electrons. The third kappa shape index (κ3) is 5.78. The molecule has 1 heterocycles. The molecule has 0 saturated carbocycles. The summed E-state index contributed by atoms with van der Waals surface area (Å²) >= 11 is 3.64. The Morgan fingerprint density at radius 3 is 3.00 bits per heavy atom. The molecule has 1 aromatic heterocycles. The predicted molar refractivity (Wildman–Crippen MR) is 84.8 cm³/mol. The lowest BCUT2D eigenvalue weighted by atomic mass is 10.3. The second-order valence-electron chi connectivity index (χ2n) is 3.99. The van der Waals surface area contributed by atoms with Crippen molar-refractivity contribution in [3.63, 3.8) is 0 Å². The van der Waals surface area contributed by atoms with E-state index < -0.39 is 0 Å². The van der Waals surface area contributed by atoms with Gasteiger partial charge in [0.2, 0.25) is 0 Å². The number of rotatable bonds is 7. The average Bonchev–Trinajstić information content (AvgIpc) is 2.88. The van der Waals surface area contributed by atoms with Crippen LogP contribution in [0.1, 0.15) is 31.2 Å². The van der Waals surface area contributed by atoms with Crippen LogP contribution in [-0.2, 0) is 0 Å². The molecule has 0 aliphatic heterocycles. The third-order valence-corrected chi connectivity index (χ3v) is 4.20. The molecule has 2 N–H and O–H groups in total. The summed E-state index contributed by atoms with van der Waals surface area (Å²) in [7, 11) is 0. The Kier molecular flexibility index (Phi) is 7.93. The second kappa shape index (κ2) is 9.28. The van der Waals surface area contributed by atoms with E-state index >= 15 is 0 Å². The summed E-state index contributed by atoms with van der Waals surface area (Å²) in [4.78, 5) is 5.92. The van der Waals surface area contributed by atoms with E-state index in [-0.39, 0.29) is 0 Å². The van der Waals surface area contributed by atoms with E-state index in [2.05, 4.69) is 53.2 Å². The molecular weight excluding hydrogens is 262 g/mol. The Morgan fingerprint density at radius 1 is 1.56 bits per heavy atom. The zero-order chi connectivity index (χ0) is 13.2. The molecule has 1 rings (SSSR count). The van der Waals surface area contributed by atoms with Crippen LogP contribution in [0.15, 0.2) is 22.5 Å². The quantitative estimate of drug-likeness (QED) is 0.459. The van der Waals surface area contributed by atoms with Gasteiger partial charge in [0.25, 0.3) is 0 Å². The van der Waals surface area contributed by atoms with Crippen molar-refractivity contribution in [3.8, 4) is 0 Å². The van der Waals surface area contributed by atoms with Gasteiger partial charge in [-0.1, -0.05) is 6.07 Å². The summed E-state index contributed by atoms with van der Waals surface area (Å²) < 4.78 is 0. The summed E-state index contributed by atoms with van der Waals surface area (Å²) in [5.41, 5.74) is 0. The summed E-state index contributed by atoms with van der Waals surface area (Å²) in [6, 6.07) is 4.55. The van der Waals surface area contributed by atoms with Crippen LogP contribution >= 0.6 is 23.1 Å². The van der Waals surface area contributed by atoms with Gasteiger partial charge in [0.05, 0.1) is 6.04 Å². The van der Waals surface area contributed by atoms with Gasteiger partial charge in [0.1, 0.15) is 0 Å². The summed E-state index contributed by atoms with van der Waals surface area (Å²) in [6.07, 6.45) is 3.26. The monoisotopic (exact) mass is 285 g/mol. The van der Waals surface area contributed by atoms with Crippen molar-refractivity contribution < 1.29 is 0 Å². The highest BCUT2D eigenvalue weighted by atomic mass is 32.2. The van der Waals surface area contributed by atoms with Gasteiger partial charge in [-0.25, -0.2) is 0 Å². The fraction of sp³-hybridized carbons (Fsp3) is 0.615. The van der Waals surface area contributed by atoms with E-state index in [9.17, 15) is 0 Å².